The largest absolute Gasteiger partial charge is 0.467 e. The normalized spacial score (nSPS) is 16.2. The zero-order valence-corrected chi connectivity index (χ0v) is 14.4. The minimum Gasteiger partial charge on any atom is -0.467 e. The smallest absolute Gasteiger partial charge is 0.268 e. The van der Waals surface area contributed by atoms with E-state index in [9.17, 15) is 13.2 Å². The summed E-state index contributed by atoms with van der Waals surface area (Å²) in [7, 11) is -1.88. The second kappa shape index (κ2) is 6.82. The Hall–Kier alpha value is -2.06. The molecule has 1 aliphatic rings. The van der Waals surface area contributed by atoms with Gasteiger partial charge >= 0.3 is 0 Å². The fourth-order valence-corrected chi connectivity index (χ4v) is 4.42. The molecule has 0 unspecified atom stereocenters. The van der Waals surface area contributed by atoms with Gasteiger partial charge in [-0.3, -0.25) is 4.79 Å². The van der Waals surface area contributed by atoms with Crippen molar-refractivity contribution >= 4 is 15.9 Å². The van der Waals surface area contributed by atoms with Crippen LogP contribution in [0.3, 0.4) is 0 Å². The number of amides is 1. The third-order valence-electron chi connectivity index (χ3n) is 4.17. The molecule has 1 fully saturated rings. The van der Waals surface area contributed by atoms with Crippen molar-refractivity contribution in [2.75, 3.05) is 13.1 Å². The number of nitrogens with one attached hydrogen (secondary N) is 1. The van der Waals surface area contributed by atoms with Gasteiger partial charge in [-0.25, -0.2) is 8.42 Å². The summed E-state index contributed by atoms with van der Waals surface area (Å²) in [6, 6.07) is 4.94. The van der Waals surface area contributed by atoms with Crippen LogP contribution in [0.1, 0.15) is 35.5 Å². The number of piperidine rings is 1. The van der Waals surface area contributed by atoms with Crippen molar-refractivity contribution in [1.82, 2.24) is 14.2 Å². The van der Waals surface area contributed by atoms with E-state index in [1.165, 1.54) is 27.4 Å². The van der Waals surface area contributed by atoms with Crippen molar-refractivity contribution in [1.29, 1.82) is 0 Å². The monoisotopic (exact) mass is 351 g/mol. The Bertz CT molecular complexity index is 803. The van der Waals surface area contributed by atoms with Gasteiger partial charge in [-0.1, -0.05) is 6.42 Å². The molecule has 3 heterocycles. The standard InChI is InChI=1S/C16H21N3O4S/c1-18-12-14(24(21,22)19-7-3-2-4-8-19)10-15(18)16(20)17-11-13-6-5-9-23-13/h5-6,9-10,12H,2-4,7-8,11H2,1H3,(H,17,20). The molecular weight excluding hydrogens is 330 g/mol. The number of furan rings is 1. The number of rotatable bonds is 5. The van der Waals surface area contributed by atoms with E-state index in [4.69, 9.17) is 4.42 Å². The van der Waals surface area contributed by atoms with Crippen LogP contribution in [0.4, 0.5) is 0 Å². The third-order valence-corrected chi connectivity index (χ3v) is 6.03. The van der Waals surface area contributed by atoms with Crippen molar-refractivity contribution < 1.29 is 17.6 Å². The Kier molecular flexibility index (Phi) is 4.77. The minimum atomic E-state index is -3.54. The van der Waals surface area contributed by atoms with E-state index in [-0.39, 0.29) is 17.3 Å². The van der Waals surface area contributed by atoms with E-state index >= 15 is 0 Å². The van der Waals surface area contributed by atoms with Gasteiger partial charge in [-0.15, -0.1) is 0 Å². The lowest BCUT2D eigenvalue weighted by Crippen LogP contribution is -2.35. The maximum atomic E-state index is 12.7. The lowest BCUT2D eigenvalue weighted by Gasteiger charge is -2.25. The van der Waals surface area contributed by atoms with Crippen LogP contribution < -0.4 is 5.32 Å². The summed E-state index contributed by atoms with van der Waals surface area (Å²) in [5.41, 5.74) is 0.303. The molecule has 130 valence electrons. The van der Waals surface area contributed by atoms with E-state index < -0.39 is 10.0 Å². The molecule has 0 aliphatic carbocycles. The Morgan fingerprint density at radius 1 is 1.29 bits per heavy atom. The fourth-order valence-electron chi connectivity index (χ4n) is 2.83. The van der Waals surface area contributed by atoms with Gasteiger partial charge in [0, 0.05) is 26.3 Å². The Morgan fingerprint density at radius 3 is 2.71 bits per heavy atom. The van der Waals surface area contributed by atoms with Gasteiger partial charge in [0.15, 0.2) is 0 Å². The number of aryl methyl sites for hydroxylation is 1. The summed E-state index contributed by atoms with van der Waals surface area (Å²) in [5, 5.41) is 2.72. The fraction of sp³-hybridized carbons (Fsp3) is 0.438. The first-order valence-corrected chi connectivity index (χ1v) is 9.39. The van der Waals surface area contributed by atoms with Crippen LogP contribution in [0.25, 0.3) is 0 Å². The molecule has 1 aliphatic heterocycles. The maximum Gasteiger partial charge on any atom is 0.268 e. The van der Waals surface area contributed by atoms with Gasteiger partial charge in [0.25, 0.3) is 5.91 Å². The third kappa shape index (κ3) is 3.39. The number of aromatic nitrogens is 1. The molecular formula is C16H21N3O4S. The van der Waals surface area contributed by atoms with Crippen molar-refractivity contribution in [2.24, 2.45) is 7.05 Å². The highest BCUT2D eigenvalue weighted by molar-refractivity contribution is 7.89. The number of carbonyl (C=O) groups is 1. The molecule has 2 aromatic heterocycles. The topological polar surface area (TPSA) is 84.5 Å². The van der Waals surface area contributed by atoms with Crippen molar-refractivity contribution in [3.63, 3.8) is 0 Å². The summed E-state index contributed by atoms with van der Waals surface area (Å²) < 4.78 is 33.6. The SMILES string of the molecule is Cn1cc(S(=O)(=O)N2CCCCC2)cc1C(=O)NCc1ccco1. The highest BCUT2D eigenvalue weighted by Crippen LogP contribution is 2.22. The number of carbonyl (C=O) groups excluding carboxylic acids is 1. The molecule has 3 rings (SSSR count). The Morgan fingerprint density at radius 2 is 2.04 bits per heavy atom. The van der Waals surface area contributed by atoms with Crippen LogP contribution in [0.5, 0.6) is 0 Å². The molecule has 2 aromatic rings. The molecule has 24 heavy (non-hydrogen) atoms. The van der Waals surface area contributed by atoms with E-state index in [0.717, 1.165) is 19.3 Å². The van der Waals surface area contributed by atoms with Crippen LogP contribution in [-0.2, 0) is 23.6 Å². The quantitative estimate of drug-likeness (QED) is 0.889. The molecule has 0 bridgehead atoms. The Balaban J connectivity index is 1.75. The summed E-state index contributed by atoms with van der Waals surface area (Å²) >= 11 is 0. The molecule has 0 saturated carbocycles. The van der Waals surface area contributed by atoms with Gasteiger partial charge in [-0.2, -0.15) is 4.31 Å². The van der Waals surface area contributed by atoms with E-state index in [2.05, 4.69) is 5.32 Å². The van der Waals surface area contributed by atoms with Crippen LogP contribution in [-0.4, -0.2) is 36.3 Å². The van der Waals surface area contributed by atoms with Gasteiger partial charge < -0.3 is 14.3 Å². The molecule has 1 amide bonds. The minimum absolute atomic E-state index is 0.162. The summed E-state index contributed by atoms with van der Waals surface area (Å²) in [6.45, 7) is 1.33. The molecule has 0 aromatic carbocycles. The summed E-state index contributed by atoms with van der Waals surface area (Å²) in [6.07, 6.45) is 5.84. The average molecular weight is 351 g/mol. The molecule has 0 spiro atoms. The number of hydrogen-bond donors (Lipinski definition) is 1. The van der Waals surface area contributed by atoms with Crippen molar-refractivity contribution in [3.8, 4) is 0 Å². The molecule has 7 nitrogen and oxygen atoms in total. The zero-order valence-electron chi connectivity index (χ0n) is 13.6. The first-order chi connectivity index (χ1) is 11.5. The molecule has 1 saturated heterocycles. The van der Waals surface area contributed by atoms with Crippen LogP contribution in [0, 0.1) is 0 Å². The first kappa shape index (κ1) is 16.8. The highest BCUT2D eigenvalue weighted by Gasteiger charge is 2.28. The van der Waals surface area contributed by atoms with Gasteiger partial charge in [-0.05, 0) is 31.0 Å². The maximum absolute atomic E-state index is 12.7. The van der Waals surface area contributed by atoms with Crippen LogP contribution in [0.2, 0.25) is 0 Å². The number of sulfonamides is 1. The van der Waals surface area contributed by atoms with E-state index in [0.29, 0.717) is 24.5 Å². The van der Waals surface area contributed by atoms with Gasteiger partial charge in [0.2, 0.25) is 10.0 Å². The van der Waals surface area contributed by atoms with Gasteiger partial charge in [0.05, 0.1) is 12.8 Å². The lowest BCUT2D eigenvalue weighted by molar-refractivity contribution is 0.0940. The summed E-state index contributed by atoms with van der Waals surface area (Å²) in [5.74, 6) is 0.299. The summed E-state index contributed by atoms with van der Waals surface area (Å²) in [4.78, 5) is 12.5. The van der Waals surface area contributed by atoms with E-state index in [1.807, 2.05) is 0 Å². The molecule has 8 heteroatoms. The van der Waals surface area contributed by atoms with E-state index in [1.54, 1.807) is 19.2 Å². The molecule has 0 atom stereocenters. The van der Waals surface area contributed by atoms with Gasteiger partial charge in [0.1, 0.15) is 16.3 Å². The van der Waals surface area contributed by atoms with Crippen molar-refractivity contribution in [3.05, 3.63) is 42.1 Å². The van der Waals surface area contributed by atoms with Crippen LogP contribution in [0.15, 0.2) is 40.0 Å². The predicted octanol–water partition coefficient (Wildman–Crippen LogP) is 1.72. The number of hydrogen-bond acceptors (Lipinski definition) is 4. The zero-order chi connectivity index (χ0) is 17.2. The van der Waals surface area contributed by atoms with Crippen molar-refractivity contribution in [2.45, 2.75) is 30.7 Å². The number of nitrogens with zero attached hydrogens (tertiary/aromatic N) is 2. The van der Waals surface area contributed by atoms with Crippen LogP contribution >= 0.6 is 0 Å². The second-order valence-electron chi connectivity index (χ2n) is 5.90. The first-order valence-electron chi connectivity index (χ1n) is 7.95. The highest BCUT2D eigenvalue weighted by atomic mass is 32.2. The molecule has 1 N–H and O–H groups in total. The second-order valence-corrected chi connectivity index (χ2v) is 7.84. The average Bonchev–Trinajstić information content (AvgIpc) is 3.23. The predicted molar refractivity (Wildman–Crippen MR) is 87.9 cm³/mol. The molecule has 0 radical (unpaired) electrons. The lowest BCUT2D eigenvalue weighted by atomic mass is 10.2. The Labute approximate surface area is 141 Å².